The summed E-state index contributed by atoms with van der Waals surface area (Å²) >= 11 is 5.82. The van der Waals surface area contributed by atoms with Crippen LogP contribution in [0.2, 0.25) is 5.02 Å². The Balaban J connectivity index is 3.11. The number of benzene rings is 1. The molecule has 1 rings (SSSR count). The molecule has 0 bridgehead atoms. The largest absolute Gasteiger partial charge is 0.388 e. The molecular weight excluding hydrogens is 205 g/mol. The molecule has 0 aliphatic rings. The van der Waals surface area contributed by atoms with E-state index in [4.69, 9.17) is 17.3 Å². The van der Waals surface area contributed by atoms with Crippen LogP contribution in [0, 0.1) is 12.7 Å². The van der Waals surface area contributed by atoms with Crippen LogP contribution in [0.4, 0.5) is 4.39 Å². The minimum absolute atomic E-state index is 0.253. The molecule has 0 saturated heterocycles. The summed E-state index contributed by atoms with van der Waals surface area (Å²) in [7, 11) is 0. The Morgan fingerprint density at radius 2 is 2.21 bits per heavy atom. The molecule has 0 spiro atoms. The maximum Gasteiger partial charge on any atom is 0.129 e. The van der Waals surface area contributed by atoms with Crippen LogP contribution >= 0.6 is 11.6 Å². The number of aliphatic hydroxyl groups excluding tert-OH is 1. The van der Waals surface area contributed by atoms with E-state index in [0.29, 0.717) is 23.6 Å². The molecule has 1 aromatic carbocycles. The van der Waals surface area contributed by atoms with Crippen LogP contribution in [0.1, 0.15) is 23.7 Å². The Kier molecular flexibility index (Phi) is 3.86. The fourth-order valence-corrected chi connectivity index (χ4v) is 1.54. The van der Waals surface area contributed by atoms with E-state index >= 15 is 0 Å². The first-order valence-corrected chi connectivity index (χ1v) is 4.78. The highest BCUT2D eigenvalue weighted by atomic mass is 35.5. The summed E-state index contributed by atoms with van der Waals surface area (Å²) in [4.78, 5) is 0. The van der Waals surface area contributed by atoms with Crippen molar-refractivity contribution < 1.29 is 9.50 Å². The van der Waals surface area contributed by atoms with Crippen LogP contribution in [-0.4, -0.2) is 11.7 Å². The van der Waals surface area contributed by atoms with Gasteiger partial charge in [-0.2, -0.15) is 0 Å². The lowest BCUT2D eigenvalue weighted by Gasteiger charge is -2.14. The molecule has 0 fully saturated rings. The third-order valence-electron chi connectivity index (χ3n) is 2.17. The van der Waals surface area contributed by atoms with Crippen molar-refractivity contribution in [3.8, 4) is 0 Å². The Hall–Kier alpha value is -0.640. The van der Waals surface area contributed by atoms with E-state index in [1.807, 2.05) is 0 Å². The first kappa shape index (κ1) is 11.4. The van der Waals surface area contributed by atoms with Crippen LogP contribution < -0.4 is 5.73 Å². The van der Waals surface area contributed by atoms with Crippen LogP contribution in [-0.2, 0) is 0 Å². The topological polar surface area (TPSA) is 46.2 Å². The lowest BCUT2D eigenvalue weighted by molar-refractivity contribution is 0.165. The highest BCUT2D eigenvalue weighted by Gasteiger charge is 2.16. The predicted octanol–water partition coefficient (Wildman–Crippen LogP) is 2.17. The minimum Gasteiger partial charge on any atom is -0.388 e. The standard InChI is InChI=1S/C10H13ClFNO/c1-6-7(11)2-3-8(12)10(6)9(14)4-5-13/h2-3,9,14H,4-5,13H2,1H3. The number of rotatable bonds is 3. The van der Waals surface area contributed by atoms with Crippen molar-refractivity contribution in [3.05, 3.63) is 34.1 Å². The van der Waals surface area contributed by atoms with E-state index in [1.54, 1.807) is 6.92 Å². The zero-order valence-corrected chi connectivity index (χ0v) is 8.68. The average molecular weight is 218 g/mol. The molecule has 0 amide bonds. The summed E-state index contributed by atoms with van der Waals surface area (Å²) in [5.41, 5.74) is 6.12. The molecule has 1 atom stereocenters. The van der Waals surface area contributed by atoms with E-state index in [2.05, 4.69) is 0 Å². The molecule has 0 aliphatic carbocycles. The van der Waals surface area contributed by atoms with Crippen LogP contribution in [0.5, 0.6) is 0 Å². The first-order valence-electron chi connectivity index (χ1n) is 4.40. The molecule has 0 heterocycles. The van der Waals surface area contributed by atoms with Gasteiger partial charge in [-0.15, -0.1) is 0 Å². The molecule has 1 unspecified atom stereocenters. The van der Waals surface area contributed by atoms with Crippen LogP contribution in [0.25, 0.3) is 0 Å². The van der Waals surface area contributed by atoms with E-state index in [9.17, 15) is 9.50 Å². The van der Waals surface area contributed by atoms with Gasteiger partial charge in [-0.25, -0.2) is 4.39 Å². The van der Waals surface area contributed by atoms with Crippen LogP contribution in [0.15, 0.2) is 12.1 Å². The van der Waals surface area contributed by atoms with Crippen LogP contribution in [0.3, 0.4) is 0 Å². The van der Waals surface area contributed by atoms with Crippen molar-refractivity contribution in [3.63, 3.8) is 0 Å². The van der Waals surface area contributed by atoms with Gasteiger partial charge in [0.2, 0.25) is 0 Å². The highest BCUT2D eigenvalue weighted by Crippen LogP contribution is 2.28. The second kappa shape index (κ2) is 4.73. The third-order valence-corrected chi connectivity index (χ3v) is 2.58. The summed E-state index contributed by atoms with van der Waals surface area (Å²) < 4.78 is 13.3. The molecule has 0 saturated carbocycles. The van der Waals surface area contributed by atoms with Gasteiger partial charge < -0.3 is 10.8 Å². The Bertz CT molecular complexity index is 330. The molecule has 0 aromatic heterocycles. The van der Waals surface area contributed by atoms with Crippen molar-refractivity contribution in [2.24, 2.45) is 5.73 Å². The SMILES string of the molecule is Cc1c(Cl)ccc(F)c1C(O)CCN. The summed E-state index contributed by atoms with van der Waals surface area (Å²) in [6.07, 6.45) is -0.545. The molecular formula is C10H13ClFNO. The van der Waals surface area contributed by atoms with Gasteiger partial charge in [-0.05, 0) is 37.6 Å². The molecule has 0 radical (unpaired) electrons. The van der Waals surface area contributed by atoms with E-state index < -0.39 is 11.9 Å². The van der Waals surface area contributed by atoms with Gasteiger partial charge >= 0.3 is 0 Å². The molecule has 4 heteroatoms. The maximum absolute atomic E-state index is 13.3. The number of aliphatic hydroxyl groups is 1. The molecule has 14 heavy (non-hydrogen) atoms. The molecule has 1 aromatic rings. The Morgan fingerprint density at radius 1 is 1.57 bits per heavy atom. The molecule has 2 nitrogen and oxygen atoms in total. The fraction of sp³-hybridized carbons (Fsp3) is 0.400. The Labute approximate surface area is 87.5 Å². The summed E-state index contributed by atoms with van der Waals surface area (Å²) in [5, 5.41) is 10.1. The van der Waals surface area contributed by atoms with E-state index in [1.165, 1.54) is 12.1 Å². The monoisotopic (exact) mass is 217 g/mol. The summed E-state index contributed by atoms with van der Waals surface area (Å²) in [6.45, 7) is 1.99. The van der Waals surface area contributed by atoms with Gasteiger partial charge in [0, 0.05) is 10.6 Å². The predicted molar refractivity (Wildman–Crippen MR) is 54.8 cm³/mol. The quantitative estimate of drug-likeness (QED) is 0.815. The normalized spacial score (nSPS) is 12.9. The van der Waals surface area contributed by atoms with Gasteiger partial charge in [0.1, 0.15) is 5.82 Å². The third kappa shape index (κ3) is 2.23. The molecule has 0 aliphatic heterocycles. The zero-order valence-electron chi connectivity index (χ0n) is 7.93. The second-order valence-electron chi connectivity index (χ2n) is 3.16. The van der Waals surface area contributed by atoms with Crippen molar-refractivity contribution >= 4 is 11.6 Å². The van der Waals surface area contributed by atoms with Gasteiger partial charge in [0.25, 0.3) is 0 Å². The van der Waals surface area contributed by atoms with E-state index in [0.717, 1.165) is 0 Å². The van der Waals surface area contributed by atoms with E-state index in [-0.39, 0.29) is 5.56 Å². The summed E-state index contributed by atoms with van der Waals surface area (Å²) in [5.74, 6) is -0.437. The lowest BCUT2D eigenvalue weighted by Crippen LogP contribution is -2.09. The van der Waals surface area contributed by atoms with Gasteiger partial charge in [-0.1, -0.05) is 11.6 Å². The van der Waals surface area contributed by atoms with Gasteiger partial charge in [0.05, 0.1) is 6.10 Å². The summed E-state index contributed by atoms with van der Waals surface area (Å²) in [6, 6.07) is 2.73. The van der Waals surface area contributed by atoms with Crippen molar-refractivity contribution in [1.29, 1.82) is 0 Å². The highest BCUT2D eigenvalue weighted by molar-refractivity contribution is 6.31. The maximum atomic E-state index is 13.3. The van der Waals surface area contributed by atoms with Crippen molar-refractivity contribution in [1.82, 2.24) is 0 Å². The first-order chi connectivity index (χ1) is 6.57. The van der Waals surface area contributed by atoms with Crippen molar-refractivity contribution in [2.45, 2.75) is 19.4 Å². The van der Waals surface area contributed by atoms with Gasteiger partial charge in [-0.3, -0.25) is 0 Å². The lowest BCUT2D eigenvalue weighted by atomic mass is 10.0. The average Bonchev–Trinajstić information content (AvgIpc) is 2.13. The smallest absolute Gasteiger partial charge is 0.129 e. The van der Waals surface area contributed by atoms with Gasteiger partial charge in [0.15, 0.2) is 0 Å². The van der Waals surface area contributed by atoms with Crippen molar-refractivity contribution in [2.75, 3.05) is 6.54 Å². The number of nitrogens with two attached hydrogens (primary N) is 1. The number of hydrogen-bond donors (Lipinski definition) is 2. The molecule has 78 valence electrons. The molecule has 3 N–H and O–H groups in total. The Morgan fingerprint density at radius 3 is 2.79 bits per heavy atom. The zero-order chi connectivity index (χ0) is 10.7. The minimum atomic E-state index is -0.876. The second-order valence-corrected chi connectivity index (χ2v) is 3.57. The number of halogens is 2. The number of hydrogen-bond acceptors (Lipinski definition) is 2. The fourth-order valence-electron chi connectivity index (χ4n) is 1.38.